The van der Waals surface area contributed by atoms with Crippen molar-refractivity contribution in [1.29, 1.82) is 0 Å². The van der Waals surface area contributed by atoms with Gasteiger partial charge in [0.05, 0.1) is 0 Å². The molecule has 0 bridgehead atoms. The first-order valence-electron chi connectivity index (χ1n) is 12.3. The molecule has 6 nitrogen and oxygen atoms in total. The van der Waals surface area contributed by atoms with Crippen molar-refractivity contribution in [2.75, 3.05) is 0 Å². The summed E-state index contributed by atoms with van der Waals surface area (Å²) in [6.45, 7) is 0. The van der Waals surface area contributed by atoms with Gasteiger partial charge in [-0.05, 0) is 70.6 Å². The quantitative estimate of drug-likeness (QED) is 0.576. The number of hydrogen-bond donors (Lipinski definition) is 0. The summed E-state index contributed by atoms with van der Waals surface area (Å²) in [6, 6.07) is 0. The fourth-order valence-corrected chi connectivity index (χ4v) is 5.81. The lowest BCUT2D eigenvalue weighted by Crippen LogP contribution is -2.14. The van der Waals surface area contributed by atoms with E-state index >= 15 is 0 Å². The highest BCUT2D eigenvalue weighted by Crippen LogP contribution is 2.43. The van der Waals surface area contributed by atoms with Crippen molar-refractivity contribution in [2.24, 2.45) is 11.8 Å². The van der Waals surface area contributed by atoms with E-state index in [2.05, 4.69) is 32.2 Å². The maximum absolute atomic E-state index is 6.18. The zero-order valence-electron chi connectivity index (χ0n) is 18.7. The number of rotatable bonds is 4. The first-order chi connectivity index (χ1) is 15.7. The summed E-state index contributed by atoms with van der Waals surface area (Å²) in [5.74, 6) is 10.9. The average Bonchev–Trinajstić information content (AvgIpc) is 3.55. The van der Waals surface area contributed by atoms with E-state index in [1.807, 2.05) is 0 Å². The van der Waals surface area contributed by atoms with E-state index in [0.29, 0.717) is 23.7 Å². The van der Waals surface area contributed by atoms with Crippen LogP contribution in [0.15, 0.2) is 8.83 Å². The molecular formula is C26H32N4O2. The van der Waals surface area contributed by atoms with E-state index in [-0.39, 0.29) is 11.8 Å². The Morgan fingerprint density at radius 1 is 0.531 bits per heavy atom. The first-order valence-corrected chi connectivity index (χ1v) is 12.3. The predicted molar refractivity (Wildman–Crippen MR) is 120 cm³/mol. The van der Waals surface area contributed by atoms with Crippen molar-refractivity contribution in [2.45, 2.75) is 101 Å². The molecule has 2 aromatic rings. The normalized spacial score (nSPS) is 33.3. The van der Waals surface area contributed by atoms with E-state index in [1.54, 1.807) is 0 Å². The maximum Gasteiger partial charge on any atom is 0.219 e. The molecule has 2 heterocycles. The second-order valence-electron chi connectivity index (χ2n) is 9.95. The minimum Gasteiger partial charge on any atom is -0.425 e. The molecule has 6 heteroatoms. The van der Waals surface area contributed by atoms with Gasteiger partial charge in [0.25, 0.3) is 0 Å². The van der Waals surface area contributed by atoms with Crippen molar-refractivity contribution in [1.82, 2.24) is 20.4 Å². The minimum atomic E-state index is 0.262. The zero-order valence-corrected chi connectivity index (χ0v) is 18.7. The Morgan fingerprint density at radius 2 is 0.906 bits per heavy atom. The first kappa shape index (κ1) is 21.3. The lowest BCUT2D eigenvalue weighted by atomic mass is 9.81. The van der Waals surface area contributed by atoms with Gasteiger partial charge in [-0.3, -0.25) is 0 Å². The molecule has 3 fully saturated rings. The number of aromatic nitrogens is 4. The van der Waals surface area contributed by atoms with E-state index in [1.165, 1.54) is 0 Å². The second-order valence-corrected chi connectivity index (χ2v) is 9.95. The van der Waals surface area contributed by atoms with Crippen LogP contribution in [-0.4, -0.2) is 20.4 Å². The Kier molecular flexibility index (Phi) is 6.30. The van der Waals surface area contributed by atoms with Gasteiger partial charge in [-0.1, -0.05) is 6.42 Å². The van der Waals surface area contributed by atoms with Crippen molar-refractivity contribution in [3.8, 4) is 24.7 Å². The summed E-state index contributed by atoms with van der Waals surface area (Å²) in [4.78, 5) is 0. The standard InChI is InChI=1S/C26H32N4O2/c1-3-17-8-12-19(13-9-17)23-27-29-25(31-23)21-6-5-7-22(16-21)26-30-28-24(32-26)20-14-10-18(4-2)11-15-20/h1-2,17-22H,5-16H2. The third kappa shape index (κ3) is 4.46. The molecule has 0 aliphatic heterocycles. The van der Waals surface area contributed by atoms with Crippen LogP contribution in [0.25, 0.3) is 0 Å². The van der Waals surface area contributed by atoms with Crippen LogP contribution < -0.4 is 0 Å². The molecule has 32 heavy (non-hydrogen) atoms. The van der Waals surface area contributed by atoms with E-state index < -0.39 is 0 Å². The molecule has 0 radical (unpaired) electrons. The zero-order chi connectivity index (χ0) is 21.9. The van der Waals surface area contributed by atoms with E-state index in [4.69, 9.17) is 21.7 Å². The minimum absolute atomic E-state index is 0.262. The van der Waals surface area contributed by atoms with Crippen LogP contribution in [-0.2, 0) is 0 Å². The van der Waals surface area contributed by atoms with Gasteiger partial charge in [0.1, 0.15) is 0 Å². The van der Waals surface area contributed by atoms with Crippen molar-refractivity contribution < 1.29 is 8.83 Å². The summed E-state index contributed by atoms with van der Waals surface area (Å²) in [5.41, 5.74) is 0. The molecule has 3 aliphatic rings. The van der Waals surface area contributed by atoms with Gasteiger partial charge in [-0.2, -0.15) is 0 Å². The summed E-state index contributed by atoms with van der Waals surface area (Å²) in [5, 5.41) is 17.7. The Labute approximate surface area is 190 Å². The van der Waals surface area contributed by atoms with Gasteiger partial charge in [0.15, 0.2) is 0 Å². The number of nitrogens with zero attached hydrogens (tertiary/aromatic N) is 4. The van der Waals surface area contributed by atoms with Crippen LogP contribution in [0.2, 0.25) is 0 Å². The second kappa shape index (κ2) is 9.49. The van der Waals surface area contributed by atoms with Crippen LogP contribution in [0.1, 0.15) is 124 Å². The molecule has 0 aromatic carbocycles. The molecule has 5 rings (SSSR count). The fraction of sp³-hybridized carbons (Fsp3) is 0.692. The van der Waals surface area contributed by atoms with E-state index in [9.17, 15) is 0 Å². The van der Waals surface area contributed by atoms with Gasteiger partial charge < -0.3 is 8.83 Å². The largest absolute Gasteiger partial charge is 0.425 e. The van der Waals surface area contributed by atoms with Gasteiger partial charge in [-0.25, -0.2) is 0 Å². The molecule has 2 unspecified atom stereocenters. The molecule has 3 aliphatic carbocycles. The highest BCUT2D eigenvalue weighted by Gasteiger charge is 2.33. The fourth-order valence-electron chi connectivity index (χ4n) is 5.81. The van der Waals surface area contributed by atoms with Crippen molar-refractivity contribution >= 4 is 0 Å². The molecule has 2 aromatic heterocycles. The van der Waals surface area contributed by atoms with Crippen molar-refractivity contribution in [3.63, 3.8) is 0 Å². The highest BCUT2D eigenvalue weighted by molar-refractivity contribution is 5.06. The summed E-state index contributed by atoms with van der Waals surface area (Å²) >= 11 is 0. The Bertz CT molecular complexity index is 902. The number of hydrogen-bond acceptors (Lipinski definition) is 6. The Balaban J connectivity index is 1.20. The lowest BCUT2D eigenvalue weighted by Gasteiger charge is -2.25. The molecule has 2 atom stereocenters. The Morgan fingerprint density at radius 3 is 1.28 bits per heavy atom. The molecule has 0 N–H and O–H groups in total. The van der Waals surface area contributed by atoms with Crippen LogP contribution in [0.5, 0.6) is 0 Å². The lowest BCUT2D eigenvalue weighted by molar-refractivity contribution is 0.271. The SMILES string of the molecule is C#CC1CCC(c2nnc(C3CCCC(c4nnc(C5CCC(C#C)CC5)o4)C3)o2)CC1. The van der Waals surface area contributed by atoms with Gasteiger partial charge in [0.2, 0.25) is 23.6 Å². The number of terminal acetylenes is 2. The summed E-state index contributed by atoms with van der Waals surface area (Å²) < 4.78 is 12.4. The third-order valence-electron chi connectivity index (χ3n) is 7.91. The summed E-state index contributed by atoms with van der Waals surface area (Å²) in [7, 11) is 0. The highest BCUT2D eigenvalue weighted by atomic mass is 16.4. The molecule has 3 saturated carbocycles. The van der Waals surface area contributed by atoms with Crippen LogP contribution in [0.4, 0.5) is 0 Å². The van der Waals surface area contributed by atoms with Crippen LogP contribution in [0, 0.1) is 36.5 Å². The van der Waals surface area contributed by atoms with Gasteiger partial charge in [-0.15, -0.1) is 45.1 Å². The van der Waals surface area contributed by atoms with Gasteiger partial charge >= 0.3 is 0 Å². The van der Waals surface area contributed by atoms with Crippen molar-refractivity contribution in [3.05, 3.63) is 23.6 Å². The molecule has 0 spiro atoms. The topological polar surface area (TPSA) is 77.8 Å². The smallest absolute Gasteiger partial charge is 0.219 e. The molecule has 0 saturated heterocycles. The molecule has 0 amide bonds. The van der Waals surface area contributed by atoms with E-state index in [0.717, 1.165) is 101 Å². The maximum atomic E-state index is 6.18. The monoisotopic (exact) mass is 432 g/mol. The third-order valence-corrected chi connectivity index (χ3v) is 7.91. The predicted octanol–water partition coefficient (Wildman–Crippen LogP) is 5.71. The molecular weight excluding hydrogens is 400 g/mol. The van der Waals surface area contributed by atoms with Crippen LogP contribution in [0.3, 0.4) is 0 Å². The van der Waals surface area contributed by atoms with Gasteiger partial charge in [0, 0.05) is 35.5 Å². The molecule has 168 valence electrons. The van der Waals surface area contributed by atoms with Crippen LogP contribution >= 0.6 is 0 Å². The Hall–Kier alpha value is -2.60. The average molecular weight is 433 g/mol. The summed E-state index contributed by atoms with van der Waals surface area (Å²) in [6.07, 6.45) is 23.7.